The smallest absolute Gasteiger partial charge is 0.341 e. The third-order valence-electron chi connectivity index (χ3n) is 4.54. The molecule has 154 valence electrons. The van der Waals surface area contributed by atoms with Crippen LogP contribution in [0, 0.1) is 11.6 Å². The Hall–Kier alpha value is -3.74. The minimum atomic E-state index is -0.849. The molecule has 1 amide bonds. The second-order valence-electron chi connectivity index (χ2n) is 6.37. The quantitative estimate of drug-likeness (QED) is 0.613. The van der Waals surface area contributed by atoms with Gasteiger partial charge in [-0.1, -0.05) is 30.3 Å². The van der Waals surface area contributed by atoms with Crippen molar-refractivity contribution in [3.8, 4) is 16.9 Å². The van der Waals surface area contributed by atoms with Gasteiger partial charge in [0.1, 0.15) is 22.9 Å². The van der Waals surface area contributed by atoms with Crippen molar-refractivity contribution in [3.05, 3.63) is 89.0 Å². The van der Waals surface area contributed by atoms with Gasteiger partial charge in [-0.3, -0.25) is 4.79 Å². The van der Waals surface area contributed by atoms with Crippen LogP contribution in [0.3, 0.4) is 0 Å². The van der Waals surface area contributed by atoms with Crippen molar-refractivity contribution in [1.29, 1.82) is 0 Å². The maximum Gasteiger partial charge on any atom is 0.341 e. The maximum absolute atomic E-state index is 14.6. The van der Waals surface area contributed by atoms with Crippen LogP contribution in [0.4, 0.5) is 8.78 Å². The predicted octanol–water partition coefficient (Wildman–Crippen LogP) is 4.36. The molecule has 0 fully saturated rings. The molecule has 3 aromatic rings. The standard InChI is InChI=1S/C23H19F2NO4/c1-29-17-6-3-5-15(11-17)22(27)26-13-16-10-9-14(12-20(16)25)18-7-4-8-19(24)21(18)23(28)30-2/h3-12H,13H2,1-2H3,(H,26,27). The largest absolute Gasteiger partial charge is 0.497 e. The van der Waals surface area contributed by atoms with E-state index >= 15 is 0 Å². The zero-order valence-electron chi connectivity index (χ0n) is 16.4. The number of hydrogen-bond donors (Lipinski definition) is 1. The number of halogens is 2. The Morgan fingerprint density at radius 2 is 1.70 bits per heavy atom. The van der Waals surface area contributed by atoms with Gasteiger partial charge >= 0.3 is 5.97 Å². The molecule has 0 saturated heterocycles. The number of ether oxygens (including phenoxy) is 2. The summed E-state index contributed by atoms with van der Waals surface area (Å²) in [5.74, 6) is -2.05. The Morgan fingerprint density at radius 1 is 0.933 bits per heavy atom. The van der Waals surface area contributed by atoms with Gasteiger partial charge in [0.05, 0.1) is 14.2 Å². The molecule has 0 heterocycles. The number of esters is 1. The molecule has 0 unspecified atom stereocenters. The number of nitrogens with one attached hydrogen (secondary N) is 1. The summed E-state index contributed by atoms with van der Waals surface area (Å²) in [6.45, 7) is -0.0465. The lowest BCUT2D eigenvalue weighted by Gasteiger charge is -2.11. The molecular weight excluding hydrogens is 392 g/mol. The zero-order chi connectivity index (χ0) is 21.7. The highest BCUT2D eigenvalue weighted by molar-refractivity contribution is 5.97. The zero-order valence-corrected chi connectivity index (χ0v) is 16.4. The summed E-state index contributed by atoms with van der Waals surface area (Å²) >= 11 is 0. The first-order valence-electron chi connectivity index (χ1n) is 9.02. The van der Waals surface area contributed by atoms with Gasteiger partial charge in [-0.15, -0.1) is 0 Å². The maximum atomic E-state index is 14.6. The highest BCUT2D eigenvalue weighted by atomic mass is 19.1. The van der Waals surface area contributed by atoms with Crippen LogP contribution < -0.4 is 10.1 Å². The molecule has 0 atom stereocenters. The summed E-state index contributed by atoms with van der Waals surface area (Å²) in [6.07, 6.45) is 0. The van der Waals surface area contributed by atoms with E-state index in [9.17, 15) is 18.4 Å². The molecule has 30 heavy (non-hydrogen) atoms. The van der Waals surface area contributed by atoms with Crippen molar-refractivity contribution in [2.45, 2.75) is 6.54 Å². The first kappa shape index (κ1) is 21.0. The number of methoxy groups -OCH3 is 2. The summed E-state index contributed by atoms with van der Waals surface area (Å²) in [5, 5.41) is 2.65. The lowest BCUT2D eigenvalue weighted by atomic mass is 9.98. The average Bonchev–Trinajstić information content (AvgIpc) is 2.77. The lowest BCUT2D eigenvalue weighted by molar-refractivity contribution is 0.0596. The summed E-state index contributed by atoms with van der Waals surface area (Å²) in [5.41, 5.74) is 0.890. The Bertz CT molecular complexity index is 1100. The van der Waals surface area contributed by atoms with Crippen LogP contribution in [0.25, 0.3) is 11.1 Å². The summed E-state index contributed by atoms with van der Waals surface area (Å²) in [6, 6.07) is 14.9. The van der Waals surface area contributed by atoms with E-state index in [2.05, 4.69) is 10.1 Å². The van der Waals surface area contributed by atoms with Gasteiger partial charge in [-0.25, -0.2) is 13.6 Å². The number of rotatable bonds is 6. The number of carbonyl (C=O) groups is 2. The van der Waals surface area contributed by atoms with Crippen molar-refractivity contribution in [3.63, 3.8) is 0 Å². The minimum absolute atomic E-state index is 0.0465. The highest BCUT2D eigenvalue weighted by Gasteiger charge is 2.19. The van der Waals surface area contributed by atoms with Crippen LogP contribution in [-0.2, 0) is 11.3 Å². The van der Waals surface area contributed by atoms with Gasteiger partial charge in [0.2, 0.25) is 0 Å². The normalized spacial score (nSPS) is 10.4. The number of carbonyl (C=O) groups excluding carboxylic acids is 2. The first-order chi connectivity index (χ1) is 14.4. The molecular formula is C23H19F2NO4. The van der Waals surface area contributed by atoms with E-state index in [0.717, 1.165) is 13.2 Å². The number of benzene rings is 3. The second-order valence-corrected chi connectivity index (χ2v) is 6.37. The van der Waals surface area contributed by atoms with Gasteiger partial charge in [0, 0.05) is 17.7 Å². The predicted molar refractivity (Wildman–Crippen MR) is 107 cm³/mol. The SMILES string of the molecule is COC(=O)c1c(F)cccc1-c1ccc(CNC(=O)c2cccc(OC)c2)c(F)c1. The summed E-state index contributed by atoms with van der Waals surface area (Å²) in [7, 11) is 2.64. The van der Waals surface area contributed by atoms with Crippen LogP contribution in [-0.4, -0.2) is 26.1 Å². The van der Waals surface area contributed by atoms with E-state index in [1.807, 2.05) is 0 Å². The molecule has 3 rings (SSSR count). The molecule has 0 spiro atoms. The van der Waals surface area contributed by atoms with Crippen LogP contribution >= 0.6 is 0 Å². The van der Waals surface area contributed by atoms with Crippen molar-refractivity contribution < 1.29 is 27.8 Å². The third-order valence-corrected chi connectivity index (χ3v) is 4.54. The van der Waals surface area contributed by atoms with Crippen molar-refractivity contribution in [2.75, 3.05) is 14.2 Å². The van der Waals surface area contributed by atoms with Gasteiger partial charge in [-0.05, 0) is 41.5 Å². The molecule has 0 aliphatic carbocycles. The summed E-state index contributed by atoms with van der Waals surface area (Å²) < 4.78 is 38.5. The van der Waals surface area contributed by atoms with Gasteiger partial charge in [0.15, 0.2) is 0 Å². The molecule has 0 radical (unpaired) electrons. The Labute approximate surface area is 172 Å². The molecule has 1 N–H and O–H groups in total. The first-order valence-corrected chi connectivity index (χ1v) is 9.02. The average molecular weight is 411 g/mol. The molecule has 0 aromatic heterocycles. The van der Waals surface area contributed by atoms with E-state index in [-0.39, 0.29) is 29.1 Å². The second kappa shape index (κ2) is 9.17. The fraction of sp³-hybridized carbons (Fsp3) is 0.130. The Balaban J connectivity index is 1.80. The van der Waals surface area contributed by atoms with Crippen LogP contribution in [0.5, 0.6) is 5.75 Å². The van der Waals surface area contributed by atoms with Crippen LogP contribution in [0.1, 0.15) is 26.3 Å². The monoisotopic (exact) mass is 411 g/mol. The van der Waals surface area contributed by atoms with E-state index < -0.39 is 17.6 Å². The van der Waals surface area contributed by atoms with E-state index in [1.54, 1.807) is 30.3 Å². The topological polar surface area (TPSA) is 64.6 Å². The third kappa shape index (κ3) is 4.46. The molecule has 0 aliphatic heterocycles. The van der Waals surface area contributed by atoms with Gasteiger partial charge in [-0.2, -0.15) is 0 Å². The molecule has 3 aromatic carbocycles. The molecule has 0 aliphatic rings. The highest BCUT2D eigenvalue weighted by Crippen LogP contribution is 2.28. The molecule has 0 saturated carbocycles. The van der Waals surface area contributed by atoms with E-state index in [4.69, 9.17) is 4.74 Å². The van der Waals surface area contributed by atoms with E-state index in [1.165, 1.54) is 31.4 Å². The molecule has 0 bridgehead atoms. The van der Waals surface area contributed by atoms with Crippen molar-refractivity contribution >= 4 is 11.9 Å². The fourth-order valence-electron chi connectivity index (χ4n) is 2.97. The van der Waals surface area contributed by atoms with Gasteiger partial charge < -0.3 is 14.8 Å². The Kier molecular flexibility index (Phi) is 6.41. The van der Waals surface area contributed by atoms with E-state index in [0.29, 0.717) is 16.9 Å². The van der Waals surface area contributed by atoms with Crippen LogP contribution in [0.2, 0.25) is 0 Å². The van der Waals surface area contributed by atoms with Gasteiger partial charge in [0.25, 0.3) is 5.91 Å². The summed E-state index contributed by atoms with van der Waals surface area (Å²) in [4.78, 5) is 24.2. The van der Waals surface area contributed by atoms with Crippen LogP contribution in [0.15, 0.2) is 60.7 Å². The number of amides is 1. The fourth-order valence-corrected chi connectivity index (χ4v) is 2.97. The Morgan fingerprint density at radius 3 is 2.40 bits per heavy atom. The number of hydrogen-bond acceptors (Lipinski definition) is 4. The minimum Gasteiger partial charge on any atom is -0.497 e. The molecule has 5 nitrogen and oxygen atoms in total. The molecule has 7 heteroatoms. The van der Waals surface area contributed by atoms with Crippen molar-refractivity contribution in [1.82, 2.24) is 5.32 Å². The van der Waals surface area contributed by atoms with Crippen molar-refractivity contribution in [2.24, 2.45) is 0 Å². The lowest BCUT2D eigenvalue weighted by Crippen LogP contribution is -2.23.